The zero-order valence-corrected chi connectivity index (χ0v) is 22.1. The van der Waals surface area contributed by atoms with Gasteiger partial charge in [-0.2, -0.15) is 0 Å². The molecule has 1 aliphatic rings. The minimum absolute atomic E-state index is 0.0289. The van der Waals surface area contributed by atoms with E-state index in [0.29, 0.717) is 22.5 Å². The summed E-state index contributed by atoms with van der Waals surface area (Å²) >= 11 is 0. The summed E-state index contributed by atoms with van der Waals surface area (Å²) in [5, 5.41) is 13.4. The van der Waals surface area contributed by atoms with Crippen LogP contribution in [-0.2, 0) is 32.3 Å². The van der Waals surface area contributed by atoms with Gasteiger partial charge in [0.15, 0.2) is 0 Å². The first-order chi connectivity index (χ1) is 19.8. The number of hydrogen-bond donors (Lipinski definition) is 2. The highest BCUT2D eigenvalue weighted by Gasteiger charge is 2.25. The van der Waals surface area contributed by atoms with Crippen molar-refractivity contribution < 1.29 is 33.1 Å². The van der Waals surface area contributed by atoms with Crippen molar-refractivity contribution in [3.63, 3.8) is 0 Å². The smallest absolute Gasteiger partial charge is 0.328 e. The number of aromatic nitrogens is 3. The van der Waals surface area contributed by atoms with E-state index in [0.717, 1.165) is 0 Å². The van der Waals surface area contributed by atoms with Gasteiger partial charge in [0.1, 0.15) is 25.3 Å². The molecule has 0 fully saturated rings. The molecule has 2 amide bonds. The summed E-state index contributed by atoms with van der Waals surface area (Å²) in [5.41, 5.74) is 1.87. The van der Waals surface area contributed by atoms with E-state index in [1.165, 1.54) is 13.8 Å². The summed E-state index contributed by atoms with van der Waals surface area (Å²) in [7, 11) is 0. The maximum atomic E-state index is 13.2. The second-order valence-electron chi connectivity index (χ2n) is 9.23. The van der Waals surface area contributed by atoms with Gasteiger partial charge in [-0.3, -0.25) is 14.6 Å². The number of carbonyl (C=O) groups is 4. The average molecular weight is 556 g/mol. The summed E-state index contributed by atoms with van der Waals surface area (Å²) in [5.74, 6) is -2.39. The van der Waals surface area contributed by atoms with Crippen molar-refractivity contribution in [2.45, 2.75) is 39.1 Å². The zero-order valence-electron chi connectivity index (χ0n) is 22.1. The molecule has 3 heterocycles. The summed E-state index contributed by atoms with van der Waals surface area (Å²) < 4.78 is 16.6. The summed E-state index contributed by atoms with van der Waals surface area (Å²) in [6.45, 7) is 2.68. The van der Waals surface area contributed by atoms with E-state index in [1.54, 1.807) is 66.7 Å². The number of fused-ring (bicyclic) bond motifs is 8. The predicted octanol–water partition coefficient (Wildman–Crippen LogP) is 2.84. The third kappa shape index (κ3) is 6.11. The van der Waals surface area contributed by atoms with Gasteiger partial charge in [0.2, 0.25) is 11.8 Å². The fourth-order valence-corrected chi connectivity index (χ4v) is 4.07. The third-order valence-corrected chi connectivity index (χ3v) is 6.22. The van der Waals surface area contributed by atoms with Crippen LogP contribution in [0.4, 0.5) is 0 Å². The van der Waals surface area contributed by atoms with Crippen molar-refractivity contribution in [1.82, 2.24) is 25.8 Å². The number of nitrogens with zero attached hydrogens (tertiary/aromatic N) is 3. The molecular formula is C29H25N5O7. The Labute approximate surface area is 234 Å². The van der Waals surface area contributed by atoms with Crippen LogP contribution in [0.3, 0.4) is 0 Å². The number of hydrogen-bond acceptors (Lipinski definition) is 10. The van der Waals surface area contributed by atoms with Crippen molar-refractivity contribution >= 4 is 23.8 Å². The Hall–Kier alpha value is -5.39. The molecule has 12 nitrogen and oxygen atoms in total. The molecule has 208 valence electrons. The van der Waals surface area contributed by atoms with Crippen LogP contribution in [0.5, 0.6) is 0 Å². The number of benzene rings is 2. The predicted molar refractivity (Wildman–Crippen MR) is 143 cm³/mol. The number of ether oxygens (including phenoxy) is 2. The Morgan fingerprint density at radius 1 is 0.610 bits per heavy atom. The summed E-state index contributed by atoms with van der Waals surface area (Å²) in [6, 6.07) is 16.1. The van der Waals surface area contributed by atoms with Crippen LogP contribution in [0.2, 0.25) is 0 Å². The monoisotopic (exact) mass is 555 g/mol. The van der Waals surface area contributed by atoms with Crippen molar-refractivity contribution in [3.8, 4) is 22.9 Å². The quantitative estimate of drug-likeness (QED) is 0.309. The van der Waals surface area contributed by atoms with Gasteiger partial charge in [-0.1, -0.05) is 30.3 Å². The van der Waals surface area contributed by atoms with Crippen LogP contribution < -0.4 is 10.6 Å². The number of carbonyl (C=O) groups excluding carboxylic acids is 4. The van der Waals surface area contributed by atoms with E-state index in [9.17, 15) is 19.2 Å². The highest BCUT2D eigenvalue weighted by Crippen LogP contribution is 2.28. The van der Waals surface area contributed by atoms with Gasteiger partial charge in [0, 0.05) is 0 Å². The lowest BCUT2D eigenvalue weighted by atomic mass is 10.1. The fraction of sp³-hybridized carbons (Fsp3) is 0.207. The molecule has 0 radical (unpaired) electrons. The Kier molecular flexibility index (Phi) is 7.81. The maximum Gasteiger partial charge on any atom is 0.328 e. The van der Waals surface area contributed by atoms with Crippen molar-refractivity contribution in [2.24, 2.45) is 0 Å². The number of amides is 2. The van der Waals surface area contributed by atoms with Crippen molar-refractivity contribution in [3.05, 3.63) is 89.2 Å². The molecule has 1 aliphatic heterocycles. The van der Waals surface area contributed by atoms with Gasteiger partial charge in [0.05, 0.1) is 33.6 Å². The molecule has 0 saturated carbocycles. The molecule has 0 aliphatic carbocycles. The lowest BCUT2D eigenvalue weighted by Crippen LogP contribution is -2.39. The van der Waals surface area contributed by atoms with Gasteiger partial charge < -0.3 is 24.5 Å². The third-order valence-electron chi connectivity index (χ3n) is 6.22. The Balaban J connectivity index is 1.51. The van der Waals surface area contributed by atoms with Gasteiger partial charge in [-0.15, -0.1) is 10.2 Å². The van der Waals surface area contributed by atoms with Crippen LogP contribution in [-0.4, -0.2) is 51.0 Å². The minimum Gasteiger partial charge on any atom is -0.458 e. The molecule has 4 bridgehead atoms. The zero-order chi connectivity index (χ0) is 28.9. The van der Waals surface area contributed by atoms with E-state index in [-0.39, 0.29) is 36.1 Å². The van der Waals surface area contributed by atoms with Crippen molar-refractivity contribution in [1.29, 1.82) is 0 Å². The van der Waals surface area contributed by atoms with Crippen LogP contribution in [0.15, 0.2) is 71.1 Å². The number of nitrogens with one attached hydrogen (secondary N) is 2. The molecule has 2 aromatic carbocycles. The van der Waals surface area contributed by atoms with Gasteiger partial charge in [-0.05, 0) is 50.2 Å². The van der Waals surface area contributed by atoms with Gasteiger partial charge >= 0.3 is 11.9 Å². The van der Waals surface area contributed by atoms with Gasteiger partial charge in [-0.25, -0.2) is 9.59 Å². The maximum absolute atomic E-state index is 13.2. The largest absolute Gasteiger partial charge is 0.458 e. The molecule has 4 aromatic rings. The molecule has 5 rings (SSSR count). The molecule has 12 heteroatoms. The Morgan fingerprint density at radius 2 is 1.02 bits per heavy atom. The fourth-order valence-electron chi connectivity index (χ4n) is 4.07. The van der Waals surface area contributed by atoms with Crippen LogP contribution >= 0.6 is 0 Å². The van der Waals surface area contributed by atoms with Crippen molar-refractivity contribution in [2.75, 3.05) is 0 Å². The van der Waals surface area contributed by atoms with Crippen LogP contribution in [0, 0.1) is 0 Å². The molecule has 0 saturated heterocycles. The highest BCUT2D eigenvalue weighted by molar-refractivity contribution is 6.02. The first-order valence-electron chi connectivity index (χ1n) is 12.7. The van der Waals surface area contributed by atoms with E-state index in [1.807, 2.05) is 0 Å². The Morgan fingerprint density at radius 3 is 1.46 bits per heavy atom. The highest BCUT2D eigenvalue weighted by atomic mass is 16.5. The summed E-state index contributed by atoms with van der Waals surface area (Å²) in [6.07, 6.45) is 0. The number of rotatable bonds is 0. The molecule has 0 unspecified atom stereocenters. The minimum atomic E-state index is -0.984. The topological polar surface area (TPSA) is 163 Å². The molecule has 2 N–H and O–H groups in total. The van der Waals surface area contributed by atoms with Crippen LogP contribution in [0.1, 0.15) is 46.0 Å². The van der Waals surface area contributed by atoms with Gasteiger partial charge in [0.25, 0.3) is 11.8 Å². The standard InChI is InChI=1S/C29H25N5O7/c1-16-28(37)39-14-18-8-7-9-19(32-18)15-40-29(38)17(2)31-25(36)21-11-4-6-13-23(21)27-34-33-26(41-27)22-12-5-3-10-20(22)24(35)30-16/h3-13,16-17H,14-15H2,1-2H3,(H,30,35)(H,31,36)/t16-,17+. The Bertz CT molecular complexity index is 1520. The molecule has 2 atom stereocenters. The SMILES string of the molecule is C[C@@H]1NC(=O)c2ccccc2-c2nnc(o2)-c2ccccc2C(=O)N[C@H](C)C(=O)OCc2cccc(n2)COC1=O. The number of cyclic esters (lactones) is 2. The van der Waals surface area contributed by atoms with Crippen LogP contribution in [0.25, 0.3) is 22.9 Å². The number of esters is 2. The first kappa shape index (κ1) is 27.2. The van der Waals surface area contributed by atoms with E-state index in [2.05, 4.69) is 25.8 Å². The lowest BCUT2D eigenvalue weighted by molar-refractivity contribution is -0.147. The van der Waals surface area contributed by atoms with E-state index < -0.39 is 35.8 Å². The van der Waals surface area contributed by atoms with E-state index in [4.69, 9.17) is 13.9 Å². The second kappa shape index (κ2) is 11.8. The molecule has 0 spiro atoms. The first-order valence-corrected chi connectivity index (χ1v) is 12.7. The lowest BCUT2D eigenvalue weighted by Gasteiger charge is -2.15. The second-order valence-corrected chi connectivity index (χ2v) is 9.23. The molecule has 2 aromatic heterocycles. The molecule has 41 heavy (non-hydrogen) atoms. The summed E-state index contributed by atoms with van der Waals surface area (Å²) in [4.78, 5) is 55.9. The average Bonchev–Trinajstić information content (AvgIpc) is 3.48. The van der Waals surface area contributed by atoms with E-state index >= 15 is 0 Å². The number of pyridine rings is 1. The normalized spacial score (nSPS) is 18.3. The molecular weight excluding hydrogens is 530 g/mol.